The van der Waals surface area contributed by atoms with Crippen LogP contribution in [0, 0.1) is 5.92 Å². The Labute approximate surface area is 129 Å². The SMILES string of the molecule is CCNC1(C(=O)O)CCCC1CCN1CCCCCCC1. The third-order valence-electron chi connectivity index (χ3n) is 5.44. The quantitative estimate of drug-likeness (QED) is 0.791. The van der Waals surface area contributed by atoms with Crippen LogP contribution in [0.5, 0.6) is 0 Å². The molecule has 2 atom stereocenters. The van der Waals surface area contributed by atoms with Crippen LogP contribution >= 0.6 is 0 Å². The normalized spacial score (nSPS) is 31.8. The van der Waals surface area contributed by atoms with Crippen molar-refractivity contribution in [3.63, 3.8) is 0 Å². The molecule has 1 aliphatic carbocycles. The third-order valence-corrected chi connectivity index (χ3v) is 5.44. The Balaban J connectivity index is 1.89. The molecule has 0 aromatic rings. The highest BCUT2D eigenvalue weighted by molar-refractivity contribution is 5.79. The third kappa shape index (κ3) is 4.19. The predicted octanol–water partition coefficient (Wildman–Crippen LogP) is 2.88. The number of carboxylic acid groups (broad SMARTS) is 1. The molecule has 2 N–H and O–H groups in total. The first-order valence-electron chi connectivity index (χ1n) is 8.90. The minimum absolute atomic E-state index is 0.292. The van der Waals surface area contributed by atoms with Crippen molar-refractivity contribution in [2.45, 2.75) is 70.3 Å². The lowest BCUT2D eigenvalue weighted by molar-refractivity contribution is -0.146. The van der Waals surface area contributed by atoms with Gasteiger partial charge in [-0.15, -0.1) is 0 Å². The van der Waals surface area contributed by atoms with E-state index in [1.807, 2.05) is 6.92 Å². The molecule has 0 spiro atoms. The second-order valence-electron chi connectivity index (χ2n) is 6.79. The largest absolute Gasteiger partial charge is 0.480 e. The number of hydrogen-bond acceptors (Lipinski definition) is 3. The van der Waals surface area contributed by atoms with Crippen molar-refractivity contribution in [3.05, 3.63) is 0 Å². The van der Waals surface area contributed by atoms with Crippen molar-refractivity contribution in [3.8, 4) is 0 Å². The second kappa shape index (κ2) is 8.14. The van der Waals surface area contributed by atoms with Crippen LogP contribution in [0.1, 0.15) is 64.7 Å². The molecule has 2 fully saturated rings. The van der Waals surface area contributed by atoms with E-state index in [-0.39, 0.29) is 0 Å². The summed E-state index contributed by atoms with van der Waals surface area (Å²) in [6.45, 7) is 6.23. The van der Waals surface area contributed by atoms with E-state index in [4.69, 9.17) is 0 Å². The van der Waals surface area contributed by atoms with E-state index in [0.717, 1.165) is 38.8 Å². The monoisotopic (exact) mass is 296 g/mol. The Morgan fingerprint density at radius 2 is 1.86 bits per heavy atom. The van der Waals surface area contributed by atoms with Gasteiger partial charge in [-0.2, -0.15) is 0 Å². The number of likely N-dealkylation sites (N-methyl/N-ethyl adjacent to an activating group) is 1. The van der Waals surface area contributed by atoms with Gasteiger partial charge in [0.05, 0.1) is 0 Å². The minimum atomic E-state index is -0.655. The van der Waals surface area contributed by atoms with Gasteiger partial charge in [0.15, 0.2) is 0 Å². The summed E-state index contributed by atoms with van der Waals surface area (Å²) in [6, 6.07) is 0. The van der Waals surface area contributed by atoms with Crippen LogP contribution in [0.3, 0.4) is 0 Å². The molecule has 1 heterocycles. The van der Waals surface area contributed by atoms with Gasteiger partial charge >= 0.3 is 5.97 Å². The minimum Gasteiger partial charge on any atom is -0.480 e. The van der Waals surface area contributed by atoms with Crippen molar-refractivity contribution < 1.29 is 9.90 Å². The zero-order valence-electron chi connectivity index (χ0n) is 13.6. The van der Waals surface area contributed by atoms with E-state index in [2.05, 4.69) is 10.2 Å². The van der Waals surface area contributed by atoms with Crippen LogP contribution < -0.4 is 5.32 Å². The predicted molar refractivity (Wildman–Crippen MR) is 85.5 cm³/mol. The smallest absolute Gasteiger partial charge is 0.324 e. The van der Waals surface area contributed by atoms with Crippen LogP contribution in [0.15, 0.2) is 0 Å². The van der Waals surface area contributed by atoms with Crippen LogP contribution in [0.4, 0.5) is 0 Å². The molecular weight excluding hydrogens is 264 g/mol. The highest BCUT2D eigenvalue weighted by Crippen LogP contribution is 2.38. The van der Waals surface area contributed by atoms with Crippen LogP contribution in [-0.2, 0) is 4.79 Å². The molecule has 1 aliphatic heterocycles. The Bertz CT molecular complexity index is 327. The molecule has 0 aromatic carbocycles. The van der Waals surface area contributed by atoms with Gasteiger partial charge in [-0.25, -0.2) is 0 Å². The molecular formula is C17H32N2O2. The summed E-state index contributed by atoms with van der Waals surface area (Å²) < 4.78 is 0. The van der Waals surface area contributed by atoms with E-state index < -0.39 is 11.5 Å². The van der Waals surface area contributed by atoms with Crippen molar-refractivity contribution in [2.24, 2.45) is 5.92 Å². The zero-order chi connectivity index (χ0) is 15.1. The number of rotatable bonds is 6. The highest BCUT2D eigenvalue weighted by atomic mass is 16.4. The number of carboxylic acids is 1. The van der Waals surface area contributed by atoms with Crippen molar-refractivity contribution >= 4 is 5.97 Å². The molecule has 0 radical (unpaired) electrons. The van der Waals surface area contributed by atoms with Crippen LogP contribution in [0.25, 0.3) is 0 Å². The molecule has 21 heavy (non-hydrogen) atoms. The van der Waals surface area contributed by atoms with Gasteiger partial charge in [0.2, 0.25) is 0 Å². The summed E-state index contributed by atoms with van der Waals surface area (Å²) >= 11 is 0. The Morgan fingerprint density at radius 1 is 1.19 bits per heavy atom. The first-order chi connectivity index (χ1) is 10.2. The topological polar surface area (TPSA) is 52.6 Å². The van der Waals surface area contributed by atoms with Gasteiger partial charge in [0, 0.05) is 0 Å². The van der Waals surface area contributed by atoms with Gasteiger partial charge in [-0.1, -0.05) is 32.6 Å². The number of nitrogens with one attached hydrogen (secondary N) is 1. The van der Waals surface area contributed by atoms with Gasteiger partial charge in [-0.3, -0.25) is 4.79 Å². The van der Waals surface area contributed by atoms with Crippen LogP contribution in [-0.4, -0.2) is 47.7 Å². The van der Waals surface area contributed by atoms with Crippen molar-refractivity contribution in [1.29, 1.82) is 0 Å². The number of carbonyl (C=O) groups is 1. The first-order valence-corrected chi connectivity index (χ1v) is 8.90. The molecule has 0 bridgehead atoms. The van der Waals surface area contributed by atoms with Gasteiger partial charge in [0.1, 0.15) is 5.54 Å². The first kappa shape index (κ1) is 16.8. The average molecular weight is 296 g/mol. The molecule has 2 aliphatic rings. The average Bonchev–Trinajstić information content (AvgIpc) is 2.82. The van der Waals surface area contributed by atoms with E-state index in [9.17, 15) is 9.90 Å². The maximum absolute atomic E-state index is 11.8. The summed E-state index contributed by atoms with van der Waals surface area (Å²) in [6.07, 6.45) is 10.6. The fourth-order valence-electron chi connectivity index (χ4n) is 4.25. The fourth-order valence-corrected chi connectivity index (χ4v) is 4.25. The maximum Gasteiger partial charge on any atom is 0.324 e. The number of nitrogens with zero attached hydrogens (tertiary/aromatic N) is 1. The van der Waals surface area contributed by atoms with E-state index in [0.29, 0.717) is 5.92 Å². The van der Waals surface area contributed by atoms with Gasteiger partial charge in [-0.05, 0) is 64.2 Å². The number of likely N-dealkylation sites (tertiary alicyclic amines) is 1. The molecule has 4 nitrogen and oxygen atoms in total. The Kier molecular flexibility index (Phi) is 6.49. The van der Waals surface area contributed by atoms with Crippen LogP contribution in [0.2, 0.25) is 0 Å². The zero-order valence-corrected chi connectivity index (χ0v) is 13.6. The Hall–Kier alpha value is -0.610. The second-order valence-corrected chi connectivity index (χ2v) is 6.79. The fraction of sp³-hybridized carbons (Fsp3) is 0.941. The molecule has 122 valence electrons. The van der Waals surface area contributed by atoms with Gasteiger partial charge in [0.25, 0.3) is 0 Å². The van der Waals surface area contributed by atoms with E-state index in [1.54, 1.807) is 0 Å². The van der Waals surface area contributed by atoms with E-state index >= 15 is 0 Å². The summed E-state index contributed by atoms with van der Waals surface area (Å²) in [4.78, 5) is 14.4. The molecule has 0 amide bonds. The summed E-state index contributed by atoms with van der Waals surface area (Å²) in [7, 11) is 0. The molecule has 4 heteroatoms. The molecule has 0 aromatic heterocycles. The van der Waals surface area contributed by atoms with E-state index in [1.165, 1.54) is 45.2 Å². The van der Waals surface area contributed by atoms with Crippen molar-refractivity contribution in [2.75, 3.05) is 26.2 Å². The number of aliphatic carboxylic acids is 1. The maximum atomic E-state index is 11.8. The highest BCUT2D eigenvalue weighted by Gasteiger charge is 2.48. The lowest BCUT2D eigenvalue weighted by Gasteiger charge is -2.34. The van der Waals surface area contributed by atoms with Gasteiger partial charge < -0.3 is 15.3 Å². The molecule has 1 saturated carbocycles. The lowest BCUT2D eigenvalue weighted by atomic mass is 9.84. The summed E-state index contributed by atoms with van der Waals surface area (Å²) in [5, 5.41) is 13.0. The lowest BCUT2D eigenvalue weighted by Crippen LogP contribution is -2.55. The Morgan fingerprint density at radius 3 is 2.48 bits per heavy atom. The number of hydrogen-bond donors (Lipinski definition) is 2. The molecule has 2 rings (SSSR count). The molecule has 1 saturated heterocycles. The van der Waals surface area contributed by atoms with Crippen molar-refractivity contribution in [1.82, 2.24) is 10.2 Å². The summed E-state index contributed by atoms with van der Waals surface area (Å²) in [5.74, 6) is -0.347. The standard InChI is InChI=1S/C17H32N2O2/c1-2-18-17(16(20)21)11-8-9-15(17)10-14-19-12-6-4-3-5-7-13-19/h15,18H,2-14H2,1H3,(H,20,21). The summed E-state index contributed by atoms with van der Waals surface area (Å²) in [5.41, 5.74) is -0.655. The molecule has 2 unspecified atom stereocenters.